The maximum atomic E-state index is 13.7. The minimum Gasteiger partial charge on any atom is -0.305 e. The predicted molar refractivity (Wildman–Crippen MR) is 119 cm³/mol. The van der Waals surface area contributed by atoms with Gasteiger partial charge in [0.25, 0.3) is 10.1 Å². The van der Waals surface area contributed by atoms with E-state index in [4.69, 9.17) is 50.9 Å². The van der Waals surface area contributed by atoms with E-state index in [0.717, 1.165) is 6.26 Å². The van der Waals surface area contributed by atoms with E-state index in [2.05, 4.69) is 4.18 Å². The van der Waals surface area contributed by atoms with Gasteiger partial charge in [-0.1, -0.05) is 0 Å². The molecule has 0 fully saturated rings. The van der Waals surface area contributed by atoms with Crippen LogP contribution < -0.4 is 0 Å². The van der Waals surface area contributed by atoms with Crippen LogP contribution in [0.1, 0.15) is 0 Å². The minimum atomic E-state index is -3.74. The first-order valence-corrected chi connectivity index (χ1v) is 15.8. The SMILES string of the molecule is CS(=O)(=O)OCCS(=O)(=O)CCOP(=O)(N(CCCl)CCCl)N(CCCl)CCCl. The van der Waals surface area contributed by atoms with E-state index >= 15 is 0 Å². The zero-order chi connectivity index (χ0) is 22.6. The van der Waals surface area contributed by atoms with Crippen LogP contribution in [0.2, 0.25) is 0 Å². The van der Waals surface area contributed by atoms with Crippen LogP contribution in [0.3, 0.4) is 0 Å². The Kier molecular flexibility index (Phi) is 15.6. The smallest absolute Gasteiger partial charge is 0.305 e. The van der Waals surface area contributed by atoms with Gasteiger partial charge in [0.15, 0.2) is 9.84 Å². The number of hydrogen-bond donors (Lipinski definition) is 0. The average molecular weight is 560 g/mol. The summed E-state index contributed by atoms with van der Waals surface area (Å²) >= 11 is 23.2. The highest BCUT2D eigenvalue weighted by Crippen LogP contribution is 2.54. The molecule has 0 amide bonds. The van der Waals surface area contributed by atoms with Crippen molar-refractivity contribution in [2.45, 2.75) is 0 Å². The molecule has 0 N–H and O–H groups in total. The van der Waals surface area contributed by atoms with Crippen LogP contribution in [0.15, 0.2) is 0 Å². The number of hydrogen-bond acceptors (Lipinski definition) is 7. The number of sulfone groups is 1. The molecule has 0 spiro atoms. The molecule has 0 atom stereocenters. The lowest BCUT2D eigenvalue weighted by Crippen LogP contribution is -2.38. The predicted octanol–water partition coefficient (Wildman–Crippen LogP) is 2.06. The van der Waals surface area contributed by atoms with Gasteiger partial charge in [-0.05, 0) is 0 Å². The van der Waals surface area contributed by atoms with Crippen molar-refractivity contribution in [3.63, 3.8) is 0 Å². The van der Waals surface area contributed by atoms with Gasteiger partial charge in [0, 0.05) is 49.7 Å². The van der Waals surface area contributed by atoms with E-state index in [1.54, 1.807) is 0 Å². The lowest BCUT2D eigenvalue weighted by Gasteiger charge is -2.37. The zero-order valence-electron chi connectivity index (χ0n) is 16.0. The molecule has 0 rings (SSSR count). The number of rotatable bonds is 18. The van der Waals surface area contributed by atoms with E-state index in [0.29, 0.717) is 0 Å². The molecule has 0 aromatic rings. The highest BCUT2D eigenvalue weighted by molar-refractivity contribution is 7.91. The molecular weight excluding hydrogens is 533 g/mol. The van der Waals surface area contributed by atoms with Crippen molar-refractivity contribution in [2.24, 2.45) is 0 Å². The summed E-state index contributed by atoms with van der Waals surface area (Å²) < 4.78 is 72.7. The van der Waals surface area contributed by atoms with E-state index in [1.807, 2.05) is 0 Å². The maximum Gasteiger partial charge on any atom is 0.346 e. The quantitative estimate of drug-likeness (QED) is 0.141. The molecule has 0 heterocycles. The minimum absolute atomic E-state index is 0.154. The summed E-state index contributed by atoms with van der Waals surface area (Å²) in [4.78, 5) is 0. The summed E-state index contributed by atoms with van der Waals surface area (Å²) in [6.07, 6.45) is 0.823. The summed E-state index contributed by atoms with van der Waals surface area (Å²) in [5, 5.41) is 0. The van der Waals surface area contributed by atoms with Crippen LogP contribution in [0, 0.1) is 0 Å². The molecule has 9 nitrogen and oxygen atoms in total. The Labute approximate surface area is 193 Å². The Morgan fingerprint density at radius 1 is 0.759 bits per heavy atom. The average Bonchev–Trinajstić information content (AvgIpc) is 2.59. The highest BCUT2D eigenvalue weighted by atomic mass is 35.5. The van der Waals surface area contributed by atoms with Gasteiger partial charge in [-0.3, -0.25) is 8.75 Å². The van der Waals surface area contributed by atoms with Gasteiger partial charge in [-0.25, -0.2) is 17.8 Å². The number of alkyl halides is 4. The van der Waals surface area contributed by atoms with E-state index < -0.39 is 45.7 Å². The third-order valence-corrected chi connectivity index (χ3v) is 9.03. The summed E-state index contributed by atoms with van der Waals surface area (Å²) in [7, 11) is -11.2. The lowest BCUT2D eigenvalue weighted by molar-refractivity contribution is 0.226. The Morgan fingerprint density at radius 3 is 1.48 bits per heavy atom. The molecule has 0 aliphatic rings. The first-order chi connectivity index (χ1) is 13.5. The summed E-state index contributed by atoms with van der Waals surface area (Å²) in [5.41, 5.74) is 0. The number of nitrogens with zero attached hydrogens (tertiary/aromatic N) is 2. The van der Waals surface area contributed by atoms with Crippen molar-refractivity contribution in [2.75, 3.05) is 80.7 Å². The molecule has 0 saturated heterocycles. The molecule has 0 saturated carbocycles. The van der Waals surface area contributed by atoms with Gasteiger partial charge in [0.2, 0.25) is 0 Å². The molecule has 29 heavy (non-hydrogen) atoms. The topological polar surface area (TPSA) is 110 Å². The maximum absolute atomic E-state index is 13.7. The fourth-order valence-corrected chi connectivity index (χ4v) is 7.36. The molecule has 176 valence electrons. The zero-order valence-corrected chi connectivity index (χ0v) is 21.6. The van der Waals surface area contributed by atoms with E-state index in [1.165, 1.54) is 9.34 Å². The number of halogens is 4. The van der Waals surface area contributed by atoms with Gasteiger partial charge in [-0.15, -0.1) is 46.4 Å². The van der Waals surface area contributed by atoms with Gasteiger partial charge in [-0.2, -0.15) is 8.42 Å². The first kappa shape index (κ1) is 30.1. The molecule has 0 aromatic heterocycles. The monoisotopic (exact) mass is 558 g/mol. The van der Waals surface area contributed by atoms with Crippen molar-refractivity contribution >= 4 is 74.0 Å². The van der Waals surface area contributed by atoms with Crippen molar-refractivity contribution in [1.82, 2.24) is 9.34 Å². The van der Waals surface area contributed by atoms with Crippen LogP contribution in [0.4, 0.5) is 0 Å². The second kappa shape index (κ2) is 15.1. The van der Waals surface area contributed by atoms with Crippen LogP contribution in [-0.4, -0.2) is 107 Å². The second-order valence-corrected chi connectivity index (χ2v) is 13.5. The van der Waals surface area contributed by atoms with Crippen LogP contribution in [-0.2, 0) is 33.2 Å². The lowest BCUT2D eigenvalue weighted by atomic mass is 10.6. The van der Waals surface area contributed by atoms with Gasteiger partial charge >= 0.3 is 7.67 Å². The standard InChI is InChI=1S/C13H27Cl4N2O7PS2/c1-28(21,22)26-11-13-29(23,24)12-10-25-27(20,18(6-2-14)7-3-15)19(8-4-16)9-5-17/h2-13H2,1H3. The summed E-state index contributed by atoms with van der Waals surface area (Å²) in [6, 6.07) is 0. The molecule has 16 heteroatoms. The van der Waals surface area contributed by atoms with Crippen molar-refractivity contribution < 1.29 is 30.1 Å². The molecule has 0 unspecified atom stereocenters. The Hall–Kier alpha value is 1.13. The molecule has 0 aromatic carbocycles. The Balaban J connectivity index is 5.27. The fourth-order valence-electron chi connectivity index (χ4n) is 2.16. The largest absolute Gasteiger partial charge is 0.346 e. The van der Waals surface area contributed by atoms with Crippen LogP contribution in [0.5, 0.6) is 0 Å². The normalized spacial score (nSPS) is 13.5. The van der Waals surface area contributed by atoms with Gasteiger partial charge in [0.1, 0.15) is 0 Å². The van der Waals surface area contributed by atoms with Gasteiger partial charge < -0.3 is 4.52 Å². The van der Waals surface area contributed by atoms with Crippen LogP contribution in [0.25, 0.3) is 0 Å². The van der Waals surface area contributed by atoms with E-state index in [-0.39, 0.29) is 56.3 Å². The Morgan fingerprint density at radius 2 is 1.14 bits per heavy atom. The third-order valence-electron chi connectivity index (χ3n) is 3.43. The van der Waals surface area contributed by atoms with Gasteiger partial charge in [0.05, 0.1) is 31.0 Å². The molecule has 0 bridgehead atoms. The Bertz CT molecular complexity index is 680. The summed E-state index contributed by atoms with van der Waals surface area (Å²) in [6.45, 7) is -0.110. The fraction of sp³-hybridized carbons (Fsp3) is 1.00. The summed E-state index contributed by atoms with van der Waals surface area (Å²) in [5.74, 6) is -0.382. The highest BCUT2D eigenvalue weighted by Gasteiger charge is 2.38. The van der Waals surface area contributed by atoms with Crippen molar-refractivity contribution in [3.8, 4) is 0 Å². The molecule has 0 aliphatic heterocycles. The third kappa shape index (κ3) is 12.7. The molecule has 0 radical (unpaired) electrons. The van der Waals surface area contributed by atoms with Crippen molar-refractivity contribution in [3.05, 3.63) is 0 Å². The second-order valence-electron chi connectivity index (χ2n) is 5.66. The first-order valence-electron chi connectivity index (χ1n) is 8.50. The molecular formula is C13H27Cl4N2O7PS2. The molecule has 0 aliphatic carbocycles. The van der Waals surface area contributed by atoms with Crippen molar-refractivity contribution in [1.29, 1.82) is 0 Å². The van der Waals surface area contributed by atoms with E-state index in [9.17, 15) is 21.4 Å². The van der Waals surface area contributed by atoms with Crippen LogP contribution >= 0.6 is 54.1 Å².